The lowest BCUT2D eigenvalue weighted by Crippen LogP contribution is -2.21. The summed E-state index contributed by atoms with van der Waals surface area (Å²) in [6, 6.07) is 0. The summed E-state index contributed by atoms with van der Waals surface area (Å²) in [5.41, 5.74) is 0. The van der Waals surface area contributed by atoms with Crippen LogP contribution in [0.1, 0.15) is 40.0 Å². The van der Waals surface area contributed by atoms with E-state index in [0.29, 0.717) is 12.3 Å². The summed E-state index contributed by atoms with van der Waals surface area (Å²) in [5.74, 6) is 0.364. The molecular weight excluding hydrogens is 140 g/mol. The van der Waals surface area contributed by atoms with Crippen molar-refractivity contribution < 1.29 is 9.90 Å². The van der Waals surface area contributed by atoms with Crippen LogP contribution in [0.4, 0.5) is 0 Å². The molecule has 0 bridgehead atoms. The van der Waals surface area contributed by atoms with Gasteiger partial charge in [0.25, 0.3) is 0 Å². The normalized spacial score (nSPS) is 13.5. The first-order valence-electron chi connectivity index (χ1n) is 4.29. The van der Waals surface area contributed by atoms with Crippen LogP contribution >= 0.6 is 0 Å². The third kappa shape index (κ3) is 4.14. The molecule has 0 aliphatic carbocycles. The number of aliphatic hydroxyl groups is 1. The van der Waals surface area contributed by atoms with E-state index in [9.17, 15) is 9.90 Å². The first kappa shape index (κ1) is 10.6. The summed E-state index contributed by atoms with van der Waals surface area (Å²) in [5, 5.41) is 9.46. The van der Waals surface area contributed by atoms with Crippen LogP contribution in [0.25, 0.3) is 0 Å². The van der Waals surface area contributed by atoms with Gasteiger partial charge in [-0.1, -0.05) is 26.7 Å². The maximum Gasteiger partial charge on any atom is 0.132 e. The molecule has 11 heavy (non-hydrogen) atoms. The average molecular weight is 158 g/mol. The van der Waals surface area contributed by atoms with E-state index in [0.717, 1.165) is 12.8 Å². The molecule has 66 valence electrons. The molecule has 2 heteroatoms. The molecule has 0 radical (unpaired) electrons. The van der Waals surface area contributed by atoms with Gasteiger partial charge in [-0.15, -0.1) is 0 Å². The van der Waals surface area contributed by atoms with Crippen LogP contribution in [0.3, 0.4) is 0 Å². The summed E-state index contributed by atoms with van der Waals surface area (Å²) in [4.78, 5) is 10.6. The molecule has 0 aliphatic rings. The maximum atomic E-state index is 10.6. The molecule has 2 nitrogen and oxygen atoms in total. The van der Waals surface area contributed by atoms with Crippen LogP contribution < -0.4 is 0 Å². The van der Waals surface area contributed by atoms with E-state index in [1.54, 1.807) is 0 Å². The molecule has 0 saturated carbocycles. The molecule has 0 aromatic carbocycles. The Hall–Kier alpha value is -0.370. The highest BCUT2D eigenvalue weighted by Gasteiger charge is 2.16. The fourth-order valence-electron chi connectivity index (χ4n) is 1.29. The SMILES string of the molecule is CCC(CC)[C@H](O)CC(C)=O. The lowest BCUT2D eigenvalue weighted by atomic mass is 9.93. The quantitative estimate of drug-likeness (QED) is 0.662. The van der Waals surface area contributed by atoms with Gasteiger partial charge in [0.05, 0.1) is 6.10 Å². The zero-order valence-electron chi connectivity index (χ0n) is 7.63. The number of aliphatic hydroxyl groups excluding tert-OH is 1. The van der Waals surface area contributed by atoms with E-state index in [4.69, 9.17) is 0 Å². The summed E-state index contributed by atoms with van der Waals surface area (Å²) in [6.07, 6.45) is 1.78. The topological polar surface area (TPSA) is 37.3 Å². The summed E-state index contributed by atoms with van der Waals surface area (Å²) in [7, 11) is 0. The number of carbonyl (C=O) groups is 1. The summed E-state index contributed by atoms with van der Waals surface area (Å²) < 4.78 is 0. The predicted octanol–water partition coefficient (Wildman–Crippen LogP) is 1.76. The second-order valence-corrected chi connectivity index (χ2v) is 3.05. The van der Waals surface area contributed by atoms with E-state index in [-0.39, 0.29) is 5.78 Å². The zero-order chi connectivity index (χ0) is 8.85. The second-order valence-electron chi connectivity index (χ2n) is 3.05. The first-order valence-corrected chi connectivity index (χ1v) is 4.29. The highest BCUT2D eigenvalue weighted by molar-refractivity contribution is 5.75. The van der Waals surface area contributed by atoms with Gasteiger partial charge in [0.1, 0.15) is 5.78 Å². The molecule has 1 atom stereocenters. The molecule has 0 spiro atoms. The maximum absolute atomic E-state index is 10.6. The molecule has 0 rings (SSSR count). The number of carbonyl (C=O) groups excluding carboxylic acids is 1. The Kier molecular flexibility index (Phi) is 5.12. The van der Waals surface area contributed by atoms with Crippen LogP contribution in [0.5, 0.6) is 0 Å². The standard InChI is InChI=1S/C9H18O2/c1-4-8(5-2)9(11)6-7(3)10/h8-9,11H,4-6H2,1-3H3/t9-/m1/s1. The highest BCUT2D eigenvalue weighted by Crippen LogP contribution is 2.15. The molecule has 0 amide bonds. The van der Waals surface area contributed by atoms with Gasteiger partial charge < -0.3 is 5.11 Å². The molecule has 0 aromatic rings. The number of hydrogen-bond donors (Lipinski definition) is 1. The van der Waals surface area contributed by atoms with Gasteiger partial charge in [0.2, 0.25) is 0 Å². The van der Waals surface area contributed by atoms with Crippen LogP contribution in [0.2, 0.25) is 0 Å². The van der Waals surface area contributed by atoms with Gasteiger partial charge >= 0.3 is 0 Å². The van der Waals surface area contributed by atoms with Crippen molar-refractivity contribution in [2.24, 2.45) is 5.92 Å². The van der Waals surface area contributed by atoms with E-state index in [1.165, 1.54) is 6.92 Å². The Morgan fingerprint density at radius 1 is 1.36 bits per heavy atom. The van der Waals surface area contributed by atoms with Gasteiger partial charge in [-0.25, -0.2) is 0 Å². The average Bonchev–Trinajstić information content (AvgIpc) is 1.88. The molecule has 0 fully saturated rings. The smallest absolute Gasteiger partial charge is 0.132 e. The number of rotatable bonds is 5. The van der Waals surface area contributed by atoms with Crippen LogP contribution in [0.15, 0.2) is 0 Å². The highest BCUT2D eigenvalue weighted by atomic mass is 16.3. The van der Waals surface area contributed by atoms with Crippen molar-refractivity contribution in [3.8, 4) is 0 Å². The molecule has 0 aromatic heterocycles. The minimum Gasteiger partial charge on any atom is -0.392 e. The third-order valence-electron chi connectivity index (χ3n) is 2.09. The van der Waals surface area contributed by atoms with Gasteiger partial charge in [-0.2, -0.15) is 0 Å². The van der Waals surface area contributed by atoms with E-state index < -0.39 is 6.10 Å². The van der Waals surface area contributed by atoms with Crippen molar-refractivity contribution in [2.45, 2.75) is 46.1 Å². The first-order chi connectivity index (χ1) is 5.11. The van der Waals surface area contributed by atoms with Crippen molar-refractivity contribution in [1.29, 1.82) is 0 Å². The fourth-order valence-corrected chi connectivity index (χ4v) is 1.29. The van der Waals surface area contributed by atoms with Crippen LogP contribution in [-0.2, 0) is 4.79 Å². The Labute approximate surface area is 68.6 Å². The van der Waals surface area contributed by atoms with E-state index in [2.05, 4.69) is 0 Å². The number of Topliss-reactive ketones (excluding diaryl/α,β-unsaturated/α-hetero) is 1. The Morgan fingerprint density at radius 2 is 1.82 bits per heavy atom. The minimum absolute atomic E-state index is 0.0735. The molecule has 0 aliphatic heterocycles. The van der Waals surface area contributed by atoms with Crippen LogP contribution in [-0.4, -0.2) is 17.0 Å². The van der Waals surface area contributed by atoms with Crippen molar-refractivity contribution in [3.63, 3.8) is 0 Å². The minimum atomic E-state index is -0.428. The molecule has 0 saturated heterocycles. The Morgan fingerprint density at radius 3 is 2.09 bits per heavy atom. The van der Waals surface area contributed by atoms with E-state index >= 15 is 0 Å². The lowest BCUT2D eigenvalue weighted by molar-refractivity contribution is -0.119. The van der Waals surface area contributed by atoms with Crippen molar-refractivity contribution in [1.82, 2.24) is 0 Å². The largest absolute Gasteiger partial charge is 0.392 e. The monoisotopic (exact) mass is 158 g/mol. The zero-order valence-corrected chi connectivity index (χ0v) is 7.63. The molecule has 0 heterocycles. The number of ketones is 1. The van der Waals surface area contributed by atoms with Crippen molar-refractivity contribution >= 4 is 5.78 Å². The fraction of sp³-hybridized carbons (Fsp3) is 0.889. The van der Waals surface area contributed by atoms with Gasteiger partial charge in [-0.3, -0.25) is 4.79 Å². The van der Waals surface area contributed by atoms with Crippen molar-refractivity contribution in [2.75, 3.05) is 0 Å². The van der Waals surface area contributed by atoms with Crippen LogP contribution in [0, 0.1) is 5.92 Å². The summed E-state index contributed by atoms with van der Waals surface area (Å²) in [6.45, 7) is 5.60. The lowest BCUT2D eigenvalue weighted by Gasteiger charge is -2.18. The predicted molar refractivity (Wildman–Crippen MR) is 45.4 cm³/mol. The van der Waals surface area contributed by atoms with Crippen molar-refractivity contribution in [3.05, 3.63) is 0 Å². The van der Waals surface area contributed by atoms with E-state index in [1.807, 2.05) is 13.8 Å². The molecular formula is C9H18O2. The third-order valence-corrected chi connectivity index (χ3v) is 2.09. The second kappa shape index (κ2) is 5.30. The molecule has 0 unspecified atom stereocenters. The summed E-state index contributed by atoms with van der Waals surface area (Å²) >= 11 is 0. The Balaban J connectivity index is 3.78. The molecule has 1 N–H and O–H groups in total. The van der Waals surface area contributed by atoms with Gasteiger partial charge in [0.15, 0.2) is 0 Å². The van der Waals surface area contributed by atoms with Gasteiger partial charge in [-0.05, 0) is 12.8 Å². The van der Waals surface area contributed by atoms with Gasteiger partial charge in [0, 0.05) is 6.42 Å². The Bertz CT molecular complexity index is 117. The number of hydrogen-bond acceptors (Lipinski definition) is 2.